The highest BCUT2D eigenvalue weighted by molar-refractivity contribution is 6.31. The van der Waals surface area contributed by atoms with E-state index in [-0.39, 0.29) is 5.91 Å². The first-order valence-electron chi connectivity index (χ1n) is 10.5. The standard InChI is InChI=1S/C26H24ClNO5/c1-31-22-14-18-12-13-28(25(29)16-8-10-17(11-9-16)26(30)33-3)24(20(18)15-23(22)32-2)19-6-4-5-7-21(19)27/h4-11,14-15,24H,12-13H2,1-3H3/t24-/m0/s1. The molecule has 0 saturated carbocycles. The minimum absolute atomic E-state index is 0.156. The maximum absolute atomic E-state index is 13.6. The topological polar surface area (TPSA) is 65.1 Å². The zero-order chi connectivity index (χ0) is 23.5. The van der Waals surface area contributed by atoms with Crippen LogP contribution >= 0.6 is 11.6 Å². The lowest BCUT2D eigenvalue weighted by Crippen LogP contribution is -2.40. The fourth-order valence-electron chi connectivity index (χ4n) is 4.23. The van der Waals surface area contributed by atoms with Crippen molar-refractivity contribution in [3.05, 3.63) is 93.5 Å². The molecule has 3 aromatic carbocycles. The van der Waals surface area contributed by atoms with E-state index in [1.54, 1.807) is 38.5 Å². The molecule has 0 spiro atoms. The van der Waals surface area contributed by atoms with E-state index >= 15 is 0 Å². The van der Waals surface area contributed by atoms with Crippen molar-refractivity contribution < 1.29 is 23.8 Å². The first-order valence-corrected chi connectivity index (χ1v) is 10.8. The van der Waals surface area contributed by atoms with Crippen molar-refractivity contribution in [3.63, 3.8) is 0 Å². The molecule has 0 saturated heterocycles. The van der Waals surface area contributed by atoms with E-state index in [0.717, 1.165) is 16.7 Å². The highest BCUT2D eigenvalue weighted by Gasteiger charge is 2.35. The molecule has 170 valence electrons. The molecule has 3 aromatic rings. The SMILES string of the molecule is COC(=O)c1ccc(C(=O)N2CCc3cc(OC)c(OC)cc3[C@@H]2c2ccccc2Cl)cc1. The summed E-state index contributed by atoms with van der Waals surface area (Å²) in [7, 11) is 4.51. The lowest BCUT2D eigenvalue weighted by molar-refractivity contribution is 0.0599. The molecule has 7 heteroatoms. The number of nitrogens with zero attached hydrogens (tertiary/aromatic N) is 1. The maximum Gasteiger partial charge on any atom is 0.337 e. The number of ether oxygens (including phenoxy) is 3. The van der Waals surface area contributed by atoms with Crippen molar-refractivity contribution in [2.45, 2.75) is 12.5 Å². The summed E-state index contributed by atoms with van der Waals surface area (Å²) in [5.74, 6) is 0.630. The molecule has 6 nitrogen and oxygen atoms in total. The molecule has 1 aliphatic heterocycles. The molecular formula is C26H24ClNO5. The number of fused-ring (bicyclic) bond motifs is 1. The summed E-state index contributed by atoms with van der Waals surface area (Å²) in [5, 5.41) is 0.573. The molecule has 1 aliphatic rings. The molecule has 33 heavy (non-hydrogen) atoms. The van der Waals surface area contributed by atoms with Crippen molar-refractivity contribution >= 4 is 23.5 Å². The fraction of sp³-hybridized carbons (Fsp3) is 0.231. The van der Waals surface area contributed by atoms with E-state index in [9.17, 15) is 9.59 Å². The Morgan fingerprint density at radius 2 is 1.52 bits per heavy atom. The smallest absolute Gasteiger partial charge is 0.337 e. The molecule has 0 fully saturated rings. The molecule has 0 aromatic heterocycles. The molecule has 0 bridgehead atoms. The second kappa shape index (κ2) is 9.55. The minimum atomic E-state index is -0.448. The maximum atomic E-state index is 13.6. The van der Waals surface area contributed by atoms with Crippen LogP contribution < -0.4 is 9.47 Å². The number of esters is 1. The third kappa shape index (κ3) is 4.26. The van der Waals surface area contributed by atoms with E-state index < -0.39 is 12.0 Å². The minimum Gasteiger partial charge on any atom is -0.493 e. The summed E-state index contributed by atoms with van der Waals surface area (Å²) in [6.45, 7) is 0.496. The number of methoxy groups -OCH3 is 3. The summed E-state index contributed by atoms with van der Waals surface area (Å²) < 4.78 is 15.8. The van der Waals surface area contributed by atoms with Crippen LogP contribution in [0.2, 0.25) is 5.02 Å². The van der Waals surface area contributed by atoms with Crippen LogP contribution in [0.5, 0.6) is 11.5 Å². The molecule has 1 amide bonds. The monoisotopic (exact) mass is 465 g/mol. The second-order valence-electron chi connectivity index (χ2n) is 7.65. The third-order valence-electron chi connectivity index (χ3n) is 5.89. The Labute approximate surface area is 197 Å². The van der Waals surface area contributed by atoms with Crippen LogP contribution in [0.1, 0.15) is 43.4 Å². The molecule has 0 unspecified atom stereocenters. The average molecular weight is 466 g/mol. The lowest BCUT2D eigenvalue weighted by atomic mass is 9.87. The Bertz CT molecular complexity index is 1190. The Balaban J connectivity index is 1.80. The number of carbonyl (C=O) groups is 2. The van der Waals surface area contributed by atoms with Gasteiger partial charge in [-0.25, -0.2) is 4.79 Å². The van der Waals surface area contributed by atoms with Gasteiger partial charge in [0.25, 0.3) is 5.91 Å². The zero-order valence-electron chi connectivity index (χ0n) is 18.6. The van der Waals surface area contributed by atoms with Crippen molar-refractivity contribution in [2.24, 2.45) is 0 Å². The third-order valence-corrected chi connectivity index (χ3v) is 6.23. The molecule has 1 heterocycles. The van der Waals surface area contributed by atoms with Gasteiger partial charge < -0.3 is 19.1 Å². The van der Waals surface area contributed by atoms with Crippen LogP contribution in [0, 0.1) is 0 Å². The van der Waals surface area contributed by atoms with Gasteiger partial charge in [-0.1, -0.05) is 29.8 Å². The number of benzene rings is 3. The Morgan fingerprint density at radius 3 is 2.15 bits per heavy atom. The van der Waals surface area contributed by atoms with E-state index in [4.69, 9.17) is 25.8 Å². The van der Waals surface area contributed by atoms with Crippen molar-refractivity contribution in [3.8, 4) is 11.5 Å². The first kappa shape index (κ1) is 22.7. The van der Waals surface area contributed by atoms with Crippen molar-refractivity contribution in [2.75, 3.05) is 27.9 Å². The number of amides is 1. The Kier molecular flexibility index (Phi) is 6.56. The number of rotatable bonds is 5. The number of halogens is 1. The van der Waals surface area contributed by atoms with E-state index in [1.165, 1.54) is 7.11 Å². The lowest BCUT2D eigenvalue weighted by Gasteiger charge is -2.38. The van der Waals surface area contributed by atoms with E-state index in [1.807, 2.05) is 41.3 Å². The van der Waals surface area contributed by atoms with Crippen LogP contribution in [0.3, 0.4) is 0 Å². The van der Waals surface area contributed by atoms with Gasteiger partial charge in [-0.3, -0.25) is 4.79 Å². The summed E-state index contributed by atoms with van der Waals surface area (Å²) in [4.78, 5) is 27.2. The van der Waals surface area contributed by atoms with Gasteiger partial charge >= 0.3 is 5.97 Å². The Morgan fingerprint density at radius 1 is 0.879 bits per heavy atom. The van der Waals surface area contributed by atoms with Crippen molar-refractivity contribution in [1.29, 1.82) is 0 Å². The summed E-state index contributed by atoms with van der Waals surface area (Å²) in [6, 6.07) is 17.5. The summed E-state index contributed by atoms with van der Waals surface area (Å²) in [5.41, 5.74) is 3.70. The second-order valence-corrected chi connectivity index (χ2v) is 8.05. The van der Waals surface area contributed by atoms with E-state index in [2.05, 4.69) is 0 Å². The van der Waals surface area contributed by atoms with Gasteiger partial charge in [-0.2, -0.15) is 0 Å². The largest absolute Gasteiger partial charge is 0.493 e. The van der Waals surface area contributed by atoms with Gasteiger partial charge in [0.15, 0.2) is 11.5 Å². The van der Waals surface area contributed by atoms with Crippen LogP contribution in [-0.4, -0.2) is 44.7 Å². The molecule has 1 atom stereocenters. The molecule has 0 radical (unpaired) electrons. The molecule has 4 rings (SSSR count). The van der Waals surface area contributed by atoms with Crippen LogP contribution in [-0.2, 0) is 11.2 Å². The summed E-state index contributed by atoms with van der Waals surface area (Å²) in [6.07, 6.45) is 0.655. The van der Waals surface area contributed by atoms with Gasteiger partial charge in [-0.05, 0) is 65.6 Å². The number of carbonyl (C=O) groups excluding carboxylic acids is 2. The quantitative estimate of drug-likeness (QED) is 0.500. The van der Waals surface area contributed by atoms with Gasteiger partial charge in [0.1, 0.15) is 0 Å². The fourth-order valence-corrected chi connectivity index (χ4v) is 4.47. The van der Waals surface area contributed by atoms with E-state index in [0.29, 0.717) is 40.6 Å². The number of hydrogen-bond acceptors (Lipinski definition) is 5. The summed E-state index contributed by atoms with van der Waals surface area (Å²) >= 11 is 6.60. The highest BCUT2D eigenvalue weighted by atomic mass is 35.5. The molecular weight excluding hydrogens is 442 g/mol. The van der Waals surface area contributed by atoms with Crippen LogP contribution in [0.15, 0.2) is 60.7 Å². The predicted octanol–water partition coefficient (Wildman–Crippen LogP) is 4.93. The van der Waals surface area contributed by atoms with Crippen LogP contribution in [0.25, 0.3) is 0 Å². The average Bonchev–Trinajstić information content (AvgIpc) is 2.86. The van der Waals surface area contributed by atoms with Crippen molar-refractivity contribution in [1.82, 2.24) is 4.90 Å². The molecule has 0 aliphatic carbocycles. The van der Waals surface area contributed by atoms with Gasteiger partial charge in [-0.15, -0.1) is 0 Å². The predicted molar refractivity (Wildman–Crippen MR) is 125 cm³/mol. The normalized spacial score (nSPS) is 14.9. The first-order chi connectivity index (χ1) is 16.0. The number of hydrogen-bond donors (Lipinski definition) is 0. The highest BCUT2D eigenvalue weighted by Crippen LogP contribution is 2.43. The van der Waals surface area contributed by atoms with Gasteiger partial charge in [0.2, 0.25) is 0 Å². The zero-order valence-corrected chi connectivity index (χ0v) is 19.4. The van der Waals surface area contributed by atoms with Gasteiger partial charge in [0, 0.05) is 17.1 Å². The van der Waals surface area contributed by atoms with Gasteiger partial charge in [0.05, 0.1) is 32.9 Å². The Hall–Kier alpha value is -3.51. The molecule has 0 N–H and O–H groups in total. The van der Waals surface area contributed by atoms with Crippen LogP contribution in [0.4, 0.5) is 0 Å².